The minimum absolute atomic E-state index is 0.436. The van der Waals surface area contributed by atoms with Gasteiger partial charge in [-0.2, -0.15) is 13.2 Å². The molecule has 0 fully saturated rings. The number of aromatic nitrogens is 2. The fourth-order valence-corrected chi connectivity index (χ4v) is 1.63. The van der Waals surface area contributed by atoms with Crippen LogP contribution in [0.25, 0.3) is 0 Å². The molecule has 0 saturated carbocycles. The average molecular weight is 226 g/mol. The molecule has 0 aromatic carbocycles. The molecular formula is C7H9F3N2OS. The van der Waals surface area contributed by atoms with Crippen LogP contribution in [0.5, 0.6) is 0 Å². The molecule has 80 valence electrons. The lowest BCUT2D eigenvalue weighted by atomic mass is 10.4. The monoisotopic (exact) mass is 226 g/mol. The number of rotatable bonds is 3. The van der Waals surface area contributed by atoms with Gasteiger partial charge in [-0.05, 0) is 0 Å². The van der Waals surface area contributed by atoms with Crippen molar-refractivity contribution in [2.75, 3.05) is 5.75 Å². The minimum Gasteiger partial charge on any atom is -0.383 e. The maximum Gasteiger partial charge on any atom is 0.415 e. The smallest absolute Gasteiger partial charge is 0.383 e. The Morgan fingerprint density at radius 1 is 1.64 bits per heavy atom. The van der Waals surface area contributed by atoms with Gasteiger partial charge in [0.2, 0.25) is 0 Å². The van der Waals surface area contributed by atoms with Crippen molar-refractivity contribution < 1.29 is 18.3 Å². The Morgan fingerprint density at radius 3 is 2.71 bits per heavy atom. The van der Waals surface area contributed by atoms with Crippen molar-refractivity contribution in [3.63, 3.8) is 0 Å². The fourth-order valence-electron chi connectivity index (χ4n) is 0.739. The second-order valence-electron chi connectivity index (χ2n) is 2.69. The van der Waals surface area contributed by atoms with Gasteiger partial charge in [0.15, 0.2) is 11.3 Å². The van der Waals surface area contributed by atoms with Gasteiger partial charge >= 0.3 is 6.18 Å². The molecule has 3 nitrogen and oxygen atoms in total. The summed E-state index contributed by atoms with van der Waals surface area (Å²) in [4.78, 5) is 3.82. The van der Waals surface area contributed by atoms with Crippen LogP contribution in [-0.2, 0) is 7.05 Å². The van der Waals surface area contributed by atoms with Gasteiger partial charge in [0.25, 0.3) is 0 Å². The molecule has 1 aromatic heterocycles. The van der Waals surface area contributed by atoms with Crippen molar-refractivity contribution in [3.8, 4) is 0 Å². The maximum absolute atomic E-state index is 11.9. The van der Waals surface area contributed by atoms with Crippen LogP contribution in [0.15, 0.2) is 17.6 Å². The molecule has 0 amide bonds. The molecule has 0 aliphatic rings. The van der Waals surface area contributed by atoms with Crippen molar-refractivity contribution in [2.45, 2.75) is 17.4 Å². The first kappa shape index (κ1) is 11.4. The van der Waals surface area contributed by atoms with E-state index in [1.807, 2.05) is 0 Å². The maximum atomic E-state index is 11.9. The van der Waals surface area contributed by atoms with E-state index in [0.717, 1.165) is 11.8 Å². The van der Waals surface area contributed by atoms with E-state index in [0.29, 0.717) is 5.16 Å². The van der Waals surface area contributed by atoms with Crippen LogP contribution in [0.2, 0.25) is 0 Å². The van der Waals surface area contributed by atoms with E-state index in [2.05, 4.69) is 4.98 Å². The molecule has 0 spiro atoms. The van der Waals surface area contributed by atoms with Gasteiger partial charge < -0.3 is 9.67 Å². The number of aliphatic hydroxyl groups excluding tert-OH is 1. The van der Waals surface area contributed by atoms with Gasteiger partial charge in [-0.25, -0.2) is 4.98 Å². The highest BCUT2D eigenvalue weighted by Crippen LogP contribution is 2.25. The van der Waals surface area contributed by atoms with Crippen LogP contribution < -0.4 is 0 Å². The predicted octanol–water partition coefficient (Wildman–Crippen LogP) is 1.44. The van der Waals surface area contributed by atoms with Crippen LogP contribution in [-0.4, -0.2) is 32.7 Å². The molecule has 1 aromatic rings. The standard InChI is InChI=1S/C7H9F3N2OS/c1-12-3-2-11-6(12)14-4-5(13)7(8,9)10/h2-3,5,13H,4H2,1H3. The predicted molar refractivity (Wildman–Crippen MR) is 46.0 cm³/mol. The molecular weight excluding hydrogens is 217 g/mol. The first-order valence-electron chi connectivity index (χ1n) is 3.76. The molecule has 0 aliphatic heterocycles. The Balaban J connectivity index is 2.46. The number of aliphatic hydroxyl groups is 1. The Labute approximate surface area is 82.9 Å². The quantitative estimate of drug-likeness (QED) is 0.792. The van der Waals surface area contributed by atoms with E-state index in [4.69, 9.17) is 5.11 Å². The number of alkyl halides is 3. The lowest BCUT2D eigenvalue weighted by molar-refractivity contribution is -0.195. The van der Waals surface area contributed by atoms with E-state index in [1.54, 1.807) is 17.8 Å². The molecule has 1 rings (SSSR count). The van der Waals surface area contributed by atoms with Crippen LogP contribution in [0.3, 0.4) is 0 Å². The number of nitrogens with zero attached hydrogens (tertiary/aromatic N) is 2. The lowest BCUT2D eigenvalue weighted by Crippen LogP contribution is -2.30. The van der Waals surface area contributed by atoms with E-state index < -0.39 is 18.0 Å². The third-order valence-electron chi connectivity index (χ3n) is 1.53. The normalized spacial score (nSPS) is 14.4. The SMILES string of the molecule is Cn1ccnc1SCC(O)C(F)(F)F. The molecule has 14 heavy (non-hydrogen) atoms. The third kappa shape index (κ3) is 2.91. The Bertz CT molecular complexity index is 299. The Kier molecular flexibility index (Phi) is 3.43. The van der Waals surface area contributed by atoms with E-state index >= 15 is 0 Å². The summed E-state index contributed by atoms with van der Waals surface area (Å²) in [7, 11) is 1.68. The number of thioether (sulfide) groups is 1. The fraction of sp³-hybridized carbons (Fsp3) is 0.571. The number of imidazole rings is 1. The average Bonchev–Trinajstić information content (AvgIpc) is 2.45. The van der Waals surface area contributed by atoms with Crippen LogP contribution >= 0.6 is 11.8 Å². The molecule has 1 heterocycles. The number of aryl methyl sites for hydroxylation is 1. The van der Waals surface area contributed by atoms with Crippen LogP contribution in [0.1, 0.15) is 0 Å². The summed E-state index contributed by atoms with van der Waals surface area (Å²) in [5.74, 6) is -0.436. The third-order valence-corrected chi connectivity index (χ3v) is 2.66. The first-order valence-corrected chi connectivity index (χ1v) is 4.74. The summed E-state index contributed by atoms with van der Waals surface area (Å²) >= 11 is 0.871. The van der Waals surface area contributed by atoms with Gasteiger partial charge in [0.1, 0.15) is 0 Å². The second kappa shape index (κ2) is 4.22. The molecule has 1 unspecified atom stereocenters. The Morgan fingerprint density at radius 2 is 2.29 bits per heavy atom. The van der Waals surface area contributed by atoms with Crippen molar-refractivity contribution in [1.82, 2.24) is 9.55 Å². The molecule has 0 radical (unpaired) electrons. The van der Waals surface area contributed by atoms with Crippen LogP contribution in [0, 0.1) is 0 Å². The second-order valence-corrected chi connectivity index (χ2v) is 3.68. The highest BCUT2D eigenvalue weighted by atomic mass is 32.2. The van der Waals surface area contributed by atoms with Crippen molar-refractivity contribution in [1.29, 1.82) is 0 Å². The van der Waals surface area contributed by atoms with Gasteiger partial charge in [-0.15, -0.1) is 0 Å². The van der Waals surface area contributed by atoms with Gasteiger partial charge in [-0.1, -0.05) is 11.8 Å². The first-order chi connectivity index (χ1) is 6.41. The van der Waals surface area contributed by atoms with Gasteiger partial charge in [0, 0.05) is 25.2 Å². The van der Waals surface area contributed by atoms with E-state index in [9.17, 15) is 13.2 Å². The number of halogens is 3. The topological polar surface area (TPSA) is 38.0 Å². The lowest BCUT2D eigenvalue weighted by Gasteiger charge is -2.13. The van der Waals surface area contributed by atoms with Crippen LogP contribution in [0.4, 0.5) is 13.2 Å². The number of hydrogen-bond donors (Lipinski definition) is 1. The molecule has 7 heteroatoms. The molecule has 0 bridgehead atoms. The Hall–Kier alpha value is -0.690. The summed E-state index contributed by atoms with van der Waals surface area (Å²) in [5.41, 5.74) is 0. The largest absolute Gasteiger partial charge is 0.415 e. The summed E-state index contributed by atoms with van der Waals surface area (Å²) in [6.07, 6.45) is -3.74. The molecule has 1 N–H and O–H groups in total. The molecule has 0 aliphatic carbocycles. The highest BCUT2D eigenvalue weighted by molar-refractivity contribution is 7.99. The molecule has 1 atom stereocenters. The van der Waals surface area contributed by atoms with E-state index in [-0.39, 0.29) is 0 Å². The summed E-state index contributed by atoms with van der Waals surface area (Å²) in [6, 6.07) is 0. The summed E-state index contributed by atoms with van der Waals surface area (Å²) in [6.45, 7) is 0. The van der Waals surface area contributed by atoms with E-state index in [1.165, 1.54) is 6.20 Å². The zero-order valence-electron chi connectivity index (χ0n) is 7.32. The van der Waals surface area contributed by atoms with Crippen molar-refractivity contribution in [2.24, 2.45) is 7.05 Å². The highest BCUT2D eigenvalue weighted by Gasteiger charge is 2.38. The summed E-state index contributed by atoms with van der Waals surface area (Å²) < 4.78 is 37.3. The van der Waals surface area contributed by atoms with Gasteiger partial charge in [0.05, 0.1) is 0 Å². The summed E-state index contributed by atoms with van der Waals surface area (Å²) in [5, 5.41) is 9.14. The van der Waals surface area contributed by atoms with Crippen molar-refractivity contribution in [3.05, 3.63) is 12.4 Å². The zero-order valence-corrected chi connectivity index (χ0v) is 8.14. The minimum atomic E-state index is -4.56. The zero-order chi connectivity index (χ0) is 10.8. The molecule has 0 saturated heterocycles. The van der Waals surface area contributed by atoms with Crippen molar-refractivity contribution >= 4 is 11.8 Å². The van der Waals surface area contributed by atoms with Gasteiger partial charge in [-0.3, -0.25) is 0 Å². The number of hydrogen-bond acceptors (Lipinski definition) is 3.